The molecule has 0 bridgehead atoms. The Hall–Kier alpha value is -0.0151. The van der Waals surface area contributed by atoms with Crippen LogP contribution < -0.4 is 0 Å². The van der Waals surface area contributed by atoms with Crippen LogP contribution in [0.5, 0.6) is 0 Å². The molecule has 0 unspecified atom stereocenters. The van der Waals surface area contributed by atoms with Gasteiger partial charge in [-0.2, -0.15) is 0 Å². The summed E-state index contributed by atoms with van der Waals surface area (Å²) in [4.78, 5) is 2.49. The van der Waals surface area contributed by atoms with E-state index in [0.29, 0.717) is 13.1 Å². The van der Waals surface area contributed by atoms with E-state index in [9.17, 15) is 0 Å². The van der Waals surface area contributed by atoms with Crippen LogP contribution >= 0.6 is 0 Å². The van der Waals surface area contributed by atoms with Crippen molar-refractivity contribution in [3.8, 4) is 0 Å². The molecule has 0 radical (unpaired) electrons. The van der Waals surface area contributed by atoms with Gasteiger partial charge in [-0.15, -0.1) is 0 Å². The standard InChI is InChI=1S/C8H16BNO/c1-8(2)7-5-4-6-10(7)9(3)11-8/h7H,4-6H2,1-3H3/t7-/m1/s1. The lowest BCUT2D eigenvalue weighted by Crippen LogP contribution is -2.37. The predicted octanol–water partition coefficient (Wildman–Crippen LogP) is 1.38. The van der Waals surface area contributed by atoms with Crippen LogP contribution in [0.1, 0.15) is 26.7 Å². The minimum absolute atomic E-state index is 0.0932. The van der Waals surface area contributed by atoms with E-state index in [-0.39, 0.29) is 5.60 Å². The molecular formula is C8H16BNO. The first-order valence-corrected chi connectivity index (χ1v) is 4.55. The third-order valence-corrected chi connectivity index (χ3v) is 3.04. The fourth-order valence-corrected chi connectivity index (χ4v) is 2.56. The molecule has 0 aromatic rings. The Kier molecular flexibility index (Phi) is 1.55. The highest BCUT2D eigenvalue weighted by molar-refractivity contribution is 6.48. The van der Waals surface area contributed by atoms with Crippen LogP contribution in [0, 0.1) is 0 Å². The first-order valence-electron chi connectivity index (χ1n) is 4.55. The third kappa shape index (κ3) is 1.02. The summed E-state index contributed by atoms with van der Waals surface area (Å²) >= 11 is 0. The lowest BCUT2D eigenvalue weighted by molar-refractivity contribution is 0.105. The summed E-state index contributed by atoms with van der Waals surface area (Å²) in [6.45, 7) is 7.81. The second kappa shape index (κ2) is 2.24. The highest BCUT2D eigenvalue weighted by Gasteiger charge is 2.49. The maximum Gasteiger partial charge on any atom is 0.379 e. The van der Waals surface area contributed by atoms with E-state index < -0.39 is 0 Å². The van der Waals surface area contributed by atoms with Crippen molar-refractivity contribution in [3.63, 3.8) is 0 Å². The van der Waals surface area contributed by atoms with Gasteiger partial charge in [0.25, 0.3) is 0 Å². The predicted molar refractivity (Wildman–Crippen MR) is 46.5 cm³/mol. The zero-order valence-electron chi connectivity index (χ0n) is 7.63. The topological polar surface area (TPSA) is 12.5 Å². The molecule has 0 aromatic carbocycles. The van der Waals surface area contributed by atoms with Crippen molar-refractivity contribution < 1.29 is 4.65 Å². The summed E-state index contributed by atoms with van der Waals surface area (Å²) in [6.07, 6.45) is 2.67. The van der Waals surface area contributed by atoms with E-state index in [0.717, 1.165) is 0 Å². The first-order chi connectivity index (χ1) is 5.11. The Morgan fingerprint density at radius 2 is 2.27 bits per heavy atom. The molecule has 2 heterocycles. The van der Waals surface area contributed by atoms with Crippen LogP contribution in [-0.4, -0.2) is 30.0 Å². The van der Waals surface area contributed by atoms with Crippen LogP contribution in [0.3, 0.4) is 0 Å². The van der Waals surface area contributed by atoms with Crippen LogP contribution in [0.25, 0.3) is 0 Å². The van der Waals surface area contributed by atoms with E-state index in [1.165, 1.54) is 19.4 Å². The molecule has 0 aromatic heterocycles. The van der Waals surface area contributed by atoms with Gasteiger partial charge < -0.3 is 9.47 Å². The average molecular weight is 153 g/mol. The summed E-state index contributed by atoms with van der Waals surface area (Å²) < 4.78 is 5.84. The molecule has 11 heavy (non-hydrogen) atoms. The number of nitrogens with zero attached hydrogens (tertiary/aromatic N) is 1. The summed E-state index contributed by atoms with van der Waals surface area (Å²) in [7, 11) is 0.345. The van der Waals surface area contributed by atoms with Crippen LogP contribution in [0.4, 0.5) is 0 Å². The van der Waals surface area contributed by atoms with Gasteiger partial charge in [-0.3, -0.25) is 0 Å². The monoisotopic (exact) mass is 153 g/mol. The molecule has 1 atom stereocenters. The lowest BCUT2D eigenvalue weighted by Gasteiger charge is -2.25. The molecule has 2 rings (SSSR count). The molecule has 2 nitrogen and oxygen atoms in total. The lowest BCUT2D eigenvalue weighted by atomic mass is 9.86. The average Bonchev–Trinajstić information content (AvgIpc) is 2.37. The summed E-state index contributed by atoms with van der Waals surface area (Å²) in [5.41, 5.74) is 0.0932. The van der Waals surface area contributed by atoms with Crippen LogP contribution in [0.2, 0.25) is 6.82 Å². The Labute approximate surface area is 69.0 Å². The van der Waals surface area contributed by atoms with Crippen molar-refractivity contribution in [3.05, 3.63) is 0 Å². The van der Waals surface area contributed by atoms with E-state index in [1.807, 2.05) is 0 Å². The second-order valence-electron chi connectivity index (χ2n) is 4.22. The van der Waals surface area contributed by atoms with Crippen molar-refractivity contribution in [1.29, 1.82) is 0 Å². The van der Waals surface area contributed by atoms with Gasteiger partial charge in [0.05, 0.1) is 5.60 Å². The molecule has 0 spiro atoms. The van der Waals surface area contributed by atoms with Gasteiger partial charge in [0.1, 0.15) is 0 Å². The number of fused-ring (bicyclic) bond motifs is 1. The first kappa shape index (κ1) is 7.62. The van der Waals surface area contributed by atoms with Gasteiger partial charge in [0.15, 0.2) is 0 Å². The van der Waals surface area contributed by atoms with Crippen LogP contribution in [0.15, 0.2) is 0 Å². The molecule has 2 aliphatic heterocycles. The fraction of sp³-hybridized carbons (Fsp3) is 1.00. The number of hydrogen-bond acceptors (Lipinski definition) is 2. The van der Waals surface area contributed by atoms with E-state index >= 15 is 0 Å². The normalized spacial score (nSPS) is 36.3. The molecule has 0 N–H and O–H groups in total. The smallest absolute Gasteiger partial charge is 0.379 e. The van der Waals surface area contributed by atoms with Gasteiger partial charge >= 0.3 is 7.05 Å². The molecule has 0 amide bonds. The van der Waals surface area contributed by atoms with Crippen molar-refractivity contribution in [2.75, 3.05) is 6.54 Å². The summed E-state index contributed by atoms with van der Waals surface area (Å²) in [6, 6.07) is 0.678. The molecule has 2 saturated heterocycles. The Balaban J connectivity index is 2.20. The number of rotatable bonds is 0. The summed E-state index contributed by atoms with van der Waals surface area (Å²) in [5, 5.41) is 0. The summed E-state index contributed by atoms with van der Waals surface area (Å²) in [5.74, 6) is 0. The molecule has 3 heteroatoms. The molecule has 2 fully saturated rings. The van der Waals surface area contributed by atoms with Crippen molar-refractivity contribution >= 4 is 7.05 Å². The molecular weight excluding hydrogens is 137 g/mol. The SMILES string of the molecule is CB1OC(C)(C)[C@H]2CCCN12. The minimum Gasteiger partial charge on any atom is -0.415 e. The van der Waals surface area contributed by atoms with Gasteiger partial charge in [-0.25, -0.2) is 0 Å². The Morgan fingerprint density at radius 1 is 1.55 bits per heavy atom. The Morgan fingerprint density at radius 3 is 2.91 bits per heavy atom. The number of hydrogen-bond donors (Lipinski definition) is 0. The van der Waals surface area contributed by atoms with E-state index in [4.69, 9.17) is 4.65 Å². The largest absolute Gasteiger partial charge is 0.415 e. The van der Waals surface area contributed by atoms with Crippen molar-refractivity contribution in [2.24, 2.45) is 0 Å². The quantitative estimate of drug-likeness (QED) is 0.487. The molecule has 2 aliphatic rings. The highest BCUT2D eigenvalue weighted by atomic mass is 16.5. The maximum atomic E-state index is 5.84. The van der Waals surface area contributed by atoms with Gasteiger partial charge in [0.2, 0.25) is 0 Å². The highest BCUT2D eigenvalue weighted by Crippen LogP contribution is 2.36. The van der Waals surface area contributed by atoms with Gasteiger partial charge in [-0.1, -0.05) is 0 Å². The zero-order valence-corrected chi connectivity index (χ0v) is 7.63. The van der Waals surface area contributed by atoms with E-state index in [1.54, 1.807) is 0 Å². The third-order valence-electron chi connectivity index (χ3n) is 3.04. The molecule has 0 aliphatic carbocycles. The molecule has 0 saturated carbocycles. The van der Waals surface area contributed by atoms with Crippen molar-refractivity contribution in [2.45, 2.75) is 45.2 Å². The van der Waals surface area contributed by atoms with Gasteiger partial charge in [0, 0.05) is 6.04 Å². The Bertz CT molecular complexity index is 171. The molecule has 62 valence electrons. The maximum absolute atomic E-state index is 5.84. The minimum atomic E-state index is 0.0932. The second-order valence-corrected chi connectivity index (χ2v) is 4.22. The fourth-order valence-electron chi connectivity index (χ4n) is 2.56. The van der Waals surface area contributed by atoms with Gasteiger partial charge in [-0.05, 0) is 40.1 Å². The zero-order chi connectivity index (χ0) is 8.06. The van der Waals surface area contributed by atoms with Crippen molar-refractivity contribution in [1.82, 2.24) is 4.81 Å². The van der Waals surface area contributed by atoms with E-state index in [2.05, 4.69) is 25.5 Å². The van der Waals surface area contributed by atoms with Crippen LogP contribution in [-0.2, 0) is 4.65 Å².